The lowest BCUT2D eigenvalue weighted by atomic mass is 10.1. The lowest BCUT2D eigenvalue weighted by Crippen LogP contribution is -2.46. The van der Waals surface area contributed by atoms with Crippen LogP contribution < -0.4 is 0 Å². The first-order valence-corrected chi connectivity index (χ1v) is 6.41. The second-order valence-electron chi connectivity index (χ2n) is 5.15. The van der Waals surface area contributed by atoms with Crippen molar-refractivity contribution in [2.24, 2.45) is 5.92 Å². The van der Waals surface area contributed by atoms with Crippen LogP contribution in [0.15, 0.2) is 0 Å². The molecule has 0 aliphatic carbocycles. The van der Waals surface area contributed by atoms with E-state index in [2.05, 4.69) is 28.7 Å². The van der Waals surface area contributed by atoms with Crippen molar-refractivity contribution >= 4 is 0 Å². The Morgan fingerprint density at radius 2 is 1.73 bits per heavy atom. The Hall–Kier alpha value is -0.120. The maximum absolute atomic E-state index is 2.66. The van der Waals surface area contributed by atoms with Gasteiger partial charge in [-0.3, -0.25) is 0 Å². The van der Waals surface area contributed by atoms with E-state index in [0.717, 1.165) is 5.92 Å². The largest absolute Gasteiger partial charge is 0.304 e. The summed E-state index contributed by atoms with van der Waals surface area (Å²) in [6.07, 6.45) is 1.42. The average Bonchev–Trinajstić information content (AvgIpc) is 2.69. The van der Waals surface area contributed by atoms with Gasteiger partial charge in [-0.05, 0) is 32.5 Å². The highest BCUT2D eigenvalue weighted by molar-refractivity contribution is 4.79. The minimum absolute atomic E-state index is 0.938. The molecule has 0 aromatic rings. The molecule has 2 saturated heterocycles. The maximum atomic E-state index is 2.66. The maximum Gasteiger partial charge on any atom is 0.0110 e. The Kier molecular flexibility index (Phi) is 4.00. The van der Waals surface area contributed by atoms with E-state index in [4.69, 9.17) is 0 Å². The number of likely N-dealkylation sites (N-methyl/N-ethyl adjacent to an activating group) is 1. The van der Waals surface area contributed by atoms with E-state index >= 15 is 0 Å². The molecular weight excluding hydrogens is 186 g/mol. The third kappa shape index (κ3) is 3.16. The van der Waals surface area contributed by atoms with E-state index in [1.54, 1.807) is 0 Å². The smallest absolute Gasteiger partial charge is 0.0110 e. The second-order valence-corrected chi connectivity index (χ2v) is 5.15. The number of piperazine rings is 1. The predicted octanol–water partition coefficient (Wildman–Crippen LogP) is 0.576. The number of hydrogen-bond donors (Lipinski definition) is 0. The Morgan fingerprint density at radius 1 is 1.00 bits per heavy atom. The standard InChI is InChI=1S/C12H25N3/c1-3-14-5-4-12(10-14)11-15-8-6-13(2)7-9-15/h12H,3-11H2,1-2H3. The Balaban J connectivity index is 1.69. The molecule has 0 radical (unpaired) electrons. The van der Waals surface area contributed by atoms with Crippen LogP contribution in [0.5, 0.6) is 0 Å². The molecule has 2 fully saturated rings. The van der Waals surface area contributed by atoms with Gasteiger partial charge in [0.25, 0.3) is 0 Å². The first-order valence-electron chi connectivity index (χ1n) is 6.41. The summed E-state index contributed by atoms with van der Waals surface area (Å²) in [5, 5.41) is 0. The van der Waals surface area contributed by atoms with E-state index in [9.17, 15) is 0 Å². The van der Waals surface area contributed by atoms with Gasteiger partial charge < -0.3 is 14.7 Å². The van der Waals surface area contributed by atoms with Gasteiger partial charge in [-0.2, -0.15) is 0 Å². The van der Waals surface area contributed by atoms with Crippen molar-refractivity contribution < 1.29 is 0 Å². The number of nitrogens with zero attached hydrogens (tertiary/aromatic N) is 3. The van der Waals surface area contributed by atoms with Crippen LogP contribution in [0.1, 0.15) is 13.3 Å². The number of rotatable bonds is 3. The van der Waals surface area contributed by atoms with Crippen LogP contribution in [-0.4, -0.2) is 74.1 Å². The molecule has 2 aliphatic rings. The highest BCUT2D eigenvalue weighted by Crippen LogP contribution is 2.17. The monoisotopic (exact) mass is 211 g/mol. The van der Waals surface area contributed by atoms with Crippen molar-refractivity contribution in [3.8, 4) is 0 Å². The van der Waals surface area contributed by atoms with Gasteiger partial charge in [-0.1, -0.05) is 6.92 Å². The molecule has 2 aliphatic heterocycles. The fourth-order valence-electron chi connectivity index (χ4n) is 2.74. The van der Waals surface area contributed by atoms with E-state index in [0.29, 0.717) is 0 Å². The molecule has 0 saturated carbocycles. The van der Waals surface area contributed by atoms with Crippen molar-refractivity contribution in [3.63, 3.8) is 0 Å². The molecule has 0 aromatic heterocycles. The molecule has 0 spiro atoms. The van der Waals surface area contributed by atoms with Gasteiger partial charge in [0.1, 0.15) is 0 Å². The lowest BCUT2D eigenvalue weighted by Gasteiger charge is -2.33. The van der Waals surface area contributed by atoms with Gasteiger partial charge in [-0.15, -0.1) is 0 Å². The molecule has 15 heavy (non-hydrogen) atoms. The van der Waals surface area contributed by atoms with Gasteiger partial charge >= 0.3 is 0 Å². The molecule has 1 unspecified atom stereocenters. The van der Waals surface area contributed by atoms with Crippen molar-refractivity contribution in [2.45, 2.75) is 13.3 Å². The van der Waals surface area contributed by atoms with E-state index in [1.165, 1.54) is 58.8 Å². The summed E-state index contributed by atoms with van der Waals surface area (Å²) in [6.45, 7) is 12.6. The van der Waals surface area contributed by atoms with Gasteiger partial charge in [0.2, 0.25) is 0 Å². The fraction of sp³-hybridized carbons (Fsp3) is 1.00. The summed E-state index contributed by atoms with van der Waals surface area (Å²) in [5.74, 6) is 0.938. The van der Waals surface area contributed by atoms with Gasteiger partial charge in [0.15, 0.2) is 0 Å². The van der Waals surface area contributed by atoms with Crippen LogP contribution in [0.3, 0.4) is 0 Å². The van der Waals surface area contributed by atoms with Crippen LogP contribution in [0.4, 0.5) is 0 Å². The minimum atomic E-state index is 0.938. The molecule has 0 aromatic carbocycles. The Bertz CT molecular complexity index is 187. The van der Waals surface area contributed by atoms with Crippen LogP contribution >= 0.6 is 0 Å². The molecule has 0 N–H and O–H groups in total. The van der Waals surface area contributed by atoms with Crippen LogP contribution in [-0.2, 0) is 0 Å². The average molecular weight is 211 g/mol. The molecule has 88 valence electrons. The highest BCUT2D eigenvalue weighted by Gasteiger charge is 2.24. The molecule has 2 heterocycles. The minimum Gasteiger partial charge on any atom is -0.304 e. The molecule has 3 nitrogen and oxygen atoms in total. The summed E-state index contributed by atoms with van der Waals surface area (Å²) in [4.78, 5) is 7.67. The van der Waals surface area contributed by atoms with Crippen molar-refractivity contribution in [1.29, 1.82) is 0 Å². The predicted molar refractivity (Wildman–Crippen MR) is 64.2 cm³/mol. The zero-order valence-electron chi connectivity index (χ0n) is 10.3. The van der Waals surface area contributed by atoms with E-state index < -0.39 is 0 Å². The normalized spacial score (nSPS) is 31.2. The molecule has 0 bridgehead atoms. The first-order chi connectivity index (χ1) is 7.28. The third-order valence-corrected chi connectivity index (χ3v) is 3.93. The van der Waals surface area contributed by atoms with Gasteiger partial charge in [0, 0.05) is 39.3 Å². The quantitative estimate of drug-likeness (QED) is 0.676. The zero-order valence-corrected chi connectivity index (χ0v) is 10.3. The lowest BCUT2D eigenvalue weighted by molar-refractivity contribution is 0.136. The summed E-state index contributed by atoms with van der Waals surface area (Å²) in [5.41, 5.74) is 0. The molecular formula is C12H25N3. The van der Waals surface area contributed by atoms with Gasteiger partial charge in [0.05, 0.1) is 0 Å². The first kappa shape index (κ1) is 11.4. The summed E-state index contributed by atoms with van der Waals surface area (Å²) < 4.78 is 0. The number of likely N-dealkylation sites (tertiary alicyclic amines) is 1. The molecule has 1 atom stereocenters. The SMILES string of the molecule is CCN1CCC(CN2CCN(C)CC2)C1. The summed E-state index contributed by atoms with van der Waals surface area (Å²) in [7, 11) is 2.23. The van der Waals surface area contributed by atoms with Gasteiger partial charge in [-0.25, -0.2) is 0 Å². The fourth-order valence-corrected chi connectivity index (χ4v) is 2.74. The van der Waals surface area contributed by atoms with Crippen molar-refractivity contribution in [2.75, 3.05) is 59.4 Å². The summed E-state index contributed by atoms with van der Waals surface area (Å²) in [6, 6.07) is 0. The Morgan fingerprint density at radius 3 is 2.33 bits per heavy atom. The number of hydrogen-bond acceptors (Lipinski definition) is 3. The third-order valence-electron chi connectivity index (χ3n) is 3.93. The van der Waals surface area contributed by atoms with E-state index in [1.807, 2.05) is 0 Å². The molecule has 2 rings (SSSR count). The van der Waals surface area contributed by atoms with E-state index in [-0.39, 0.29) is 0 Å². The van der Waals surface area contributed by atoms with Crippen molar-refractivity contribution in [3.05, 3.63) is 0 Å². The van der Waals surface area contributed by atoms with Crippen LogP contribution in [0.25, 0.3) is 0 Å². The van der Waals surface area contributed by atoms with Crippen LogP contribution in [0.2, 0.25) is 0 Å². The summed E-state index contributed by atoms with van der Waals surface area (Å²) >= 11 is 0. The van der Waals surface area contributed by atoms with Crippen LogP contribution in [0, 0.1) is 5.92 Å². The molecule has 3 heteroatoms. The highest BCUT2D eigenvalue weighted by atomic mass is 15.3. The Labute approximate surface area is 94.0 Å². The topological polar surface area (TPSA) is 9.72 Å². The molecule has 0 amide bonds. The van der Waals surface area contributed by atoms with Crippen molar-refractivity contribution in [1.82, 2.24) is 14.7 Å². The zero-order chi connectivity index (χ0) is 10.7. The second kappa shape index (κ2) is 5.28.